The van der Waals surface area contributed by atoms with Crippen LogP contribution in [0.15, 0.2) is 0 Å². The van der Waals surface area contributed by atoms with Crippen LogP contribution in [-0.2, 0) is 0 Å². The van der Waals surface area contributed by atoms with Gasteiger partial charge in [-0.1, -0.05) is 13.8 Å². The van der Waals surface area contributed by atoms with Crippen molar-refractivity contribution in [3.63, 3.8) is 0 Å². The molecule has 1 aliphatic rings. The molecule has 1 nitrogen and oxygen atoms in total. The van der Waals surface area contributed by atoms with Crippen LogP contribution in [0.2, 0.25) is 0 Å². The number of rotatable bonds is 2. The van der Waals surface area contributed by atoms with Crippen LogP contribution < -0.4 is 0 Å². The highest BCUT2D eigenvalue weighted by Crippen LogP contribution is 2.31. The fourth-order valence-corrected chi connectivity index (χ4v) is 1.86. The molecule has 0 aliphatic carbocycles. The van der Waals surface area contributed by atoms with E-state index in [4.69, 9.17) is 0 Å². The van der Waals surface area contributed by atoms with E-state index in [9.17, 15) is 0 Å². The van der Waals surface area contributed by atoms with Gasteiger partial charge in [-0.2, -0.15) is 0 Å². The molecule has 0 aromatic rings. The number of hydrogen-bond donors (Lipinski definition) is 0. The molecular weight excluding hydrogens is 134 g/mol. The lowest BCUT2D eigenvalue weighted by atomic mass is 9.85. The molecule has 1 aliphatic heterocycles. The number of quaternary nitrogens is 1. The quantitative estimate of drug-likeness (QED) is 0.537. The van der Waals surface area contributed by atoms with Gasteiger partial charge in [0.1, 0.15) is 0 Å². The number of hydrogen-bond acceptors (Lipinski definition) is 0. The summed E-state index contributed by atoms with van der Waals surface area (Å²) in [7, 11) is 2.38. The number of nitrogens with zero attached hydrogens (tertiary/aromatic N) is 1. The van der Waals surface area contributed by atoms with E-state index in [2.05, 4.69) is 34.7 Å². The van der Waals surface area contributed by atoms with Crippen molar-refractivity contribution in [3.05, 3.63) is 0 Å². The molecule has 0 unspecified atom stereocenters. The van der Waals surface area contributed by atoms with E-state index in [0.29, 0.717) is 0 Å². The zero-order valence-corrected chi connectivity index (χ0v) is 8.59. The summed E-state index contributed by atoms with van der Waals surface area (Å²) >= 11 is 0. The molecule has 0 aromatic heterocycles. The summed E-state index contributed by atoms with van der Waals surface area (Å²) in [6.45, 7) is 12.1. The van der Waals surface area contributed by atoms with Gasteiger partial charge in [0, 0.05) is 0 Å². The molecular formula is C10H22N+. The van der Waals surface area contributed by atoms with Gasteiger partial charge in [-0.3, -0.25) is 0 Å². The minimum absolute atomic E-state index is 0.810. The first-order valence-corrected chi connectivity index (χ1v) is 4.80. The smallest absolute Gasteiger partial charge is 0.0872 e. The topological polar surface area (TPSA) is 0 Å². The van der Waals surface area contributed by atoms with Crippen LogP contribution in [0.4, 0.5) is 0 Å². The Morgan fingerprint density at radius 1 is 1.09 bits per heavy atom. The third-order valence-corrected chi connectivity index (χ3v) is 3.49. The van der Waals surface area contributed by atoms with Gasteiger partial charge in [0.15, 0.2) is 0 Å². The zero-order chi connectivity index (χ0) is 8.65. The molecule has 0 N–H and O–H groups in total. The van der Waals surface area contributed by atoms with Gasteiger partial charge in [-0.05, 0) is 19.8 Å². The van der Waals surface area contributed by atoms with E-state index in [1.165, 1.54) is 17.6 Å². The Hall–Kier alpha value is -0.0400. The van der Waals surface area contributed by atoms with Crippen molar-refractivity contribution in [1.82, 2.24) is 0 Å². The molecule has 0 amide bonds. The normalized spacial score (nSPS) is 37.9. The van der Waals surface area contributed by atoms with Crippen molar-refractivity contribution < 1.29 is 4.48 Å². The summed E-state index contributed by atoms with van der Waals surface area (Å²) in [6.07, 6.45) is 0. The SMILES string of the molecule is CC(C)C1C[N+](C)(C(C)C)C1. The summed E-state index contributed by atoms with van der Waals surface area (Å²) in [6, 6.07) is 0.810. The predicted octanol–water partition coefficient (Wildman–Crippen LogP) is 2.13. The van der Waals surface area contributed by atoms with Crippen LogP contribution in [-0.4, -0.2) is 30.7 Å². The Morgan fingerprint density at radius 3 is 1.82 bits per heavy atom. The van der Waals surface area contributed by atoms with Crippen molar-refractivity contribution in [1.29, 1.82) is 0 Å². The molecule has 0 aromatic carbocycles. The fraction of sp³-hybridized carbons (Fsp3) is 1.00. The van der Waals surface area contributed by atoms with Crippen LogP contribution in [0, 0.1) is 11.8 Å². The van der Waals surface area contributed by atoms with E-state index in [-0.39, 0.29) is 0 Å². The third-order valence-electron chi connectivity index (χ3n) is 3.49. The summed E-state index contributed by atoms with van der Waals surface area (Å²) in [5.74, 6) is 1.88. The molecule has 1 heterocycles. The summed E-state index contributed by atoms with van der Waals surface area (Å²) in [5, 5.41) is 0. The van der Waals surface area contributed by atoms with Crippen LogP contribution in [0.1, 0.15) is 27.7 Å². The van der Waals surface area contributed by atoms with Gasteiger partial charge in [0.05, 0.1) is 32.1 Å². The van der Waals surface area contributed by atoms with Crippen LogP contribution in [0.25, 0.3) is 0 Å². The Morgan fingerprint density at radius 2 is 1.55 bits per heavy atom. The Labute approximate surface area is 71.0 Å². The molecule has 1 heteroatoms. The van der Waals surface area contributed by atoms with Gasteiger partial charge in [-0.15, -0.1) is 0 Å². The van der Waals surface area contributed by atoms with Crippen molar-refractivity contribution in [2.45, 2.75) is 33.7 Å². The summed E-state index contributed by atoms with van der Waals surface area (Å²) < 4.78 is 1.29. The van der Waals surface area contributed by atoms with Crippen molar-refractivity contribution in [2.24, 2.45) is 11.8 Å². The molecule has 1 saturated heterocycles. The Bertz CT molecular complexity index is 132. The standard InChI is InChI=1S/C10H22N/c1-8(2)10-6-11(5,7-10)9(3)4/h8-10H,6-7H2,1-5H3/q+1. The summed E-state index contributed by atoms with van der Waals surface area (Å²) in [4.78, 5) is 0. The van der Waals surface area contributed by atoms with Crippen LogP contribution in [0.5, 0.6) is 0 Å². The fourth-order valence-electron chi connectivity index (χ4n) is 1.86. The highest BCUT2D eigenvalue weighted by molar-refractivity contribution is 4.72. The van der Waals surface area contributed by atoms with E-state index in [1.807, 2.05) is 0 Å². The van der Waals surface area contributed by atoms with Gasteiger partial charge >= 0.3 is 0 Å². The first-order chi connectivity index (χ1) is 4.96. The van der Waals surface area contributed by atoms with Gasteiger partial charge in [-0.25, -0.2) is 0 Å². The lowest BCUT2D eigenvalue weighted by Gasteiger charge is -2.52. The maximum absolute atomic E-state index is 2.38. The second-order valence-electron chi connectivity index (χ2n) is 4.94. The lowest BCUT2D eigenvalue weighted by Crippen LogP contribution is -2.65. The molecule has 11 heavy (non-hydrogen) atoms. The molecule has 66 valence electrons. The van der Waals surface area contributed by atoms with Gasteiger partial charge in [0.2, 0.25) is 0 Å². The minimum atomic E-state index is 0.810. The monoisotopic (exact) mass is 156 g/mol. The van der Waals surface area contributed by atoms with E-state index in [0.717, 1.165) is 17.9 Å². The van der Waals surface area contributed by atoms with E-state index >= 15 is 0 Å². The Kier molecular flexibility index (Phi) is 2.29. The molecule has 1 rings (SSSR count). The van der Waals surface area contributed by atoms with Crippen LogP contribution in [0.3, 0.4) is 0 Å². The minimum Gasteiger partial charge on any atom is -0.323 e. The third kappa shape index (κ3) is 1.58. The molecule has 1 fully saturated rings. The predicted molar refractivity (Wildman–Crippen MR) is 49.4 cm³/mol. The zero-order valence-electron chi connectivity index (χ0n) is 8.59. The van der Waals surface area contributed by atoms with Crippen molar-refractivity contribution in [3.8, 4) is 0 Å². The summed E-state index contributed by atoms with van der Waals surface area (Å²) in [5.41, 5.74) is 0. The van der Waals surface area contributed by atoms with Crippen LogP contribution >= 0.6 is 0 Å². The van der Waals surface area contributed by atoms with Gasteiger partial charge in [0.25, 0.3) is 0 Å². The van der Waals surface area contributed by atoms with Gasteiger partial charge < -0.3 is 4.48 Å². The van der Waals surface area contributed by atoms with E-state index < -0.39 is 0 Å². The second-order valence-corrected chi connectivity index (χ2v) is 4.94. The molecule has 0 bridgehead atoms. The molecule has 0 atom stereocenters. The molecule has 0 spiro atoms. The largest absolute Gasteiger partial charge is 0.323 e. The maximum atomic E-state index is 2.38. The van der Waals surface area contributed by atoms with Crippen molar-refractivity contribution in [2.75, 3.05) is 20.1 Å². The maximum Gasteiger partial charge on any atom is 0.0872 e. The van der Waals surface area contributed by atoms with Crippen molar-refractivity contribution >= 4 is 0 Å². The lowest BCUT2D eigenvalue weighted by molar-refractivity contribution is -0.976. The Balaban J connectivity index is 2.38. The average Bonchev–Trinajstić information content (AvgIpc) is 1.79. The molecule has 0 saturated carbocycles. The second kappa shape index (κ2) is 2.78. The highest BCUT2D eigenvalue weighted by Gasteiger charge is 2.43. The molecule has 0 radical (unpaired) electrons. The average molecular weight is 156 g/mol. The highest BCUT2D eigenvalue weighted by atomic mass is 15.4. The van der Waals surface area contributed by atoms with E-state index in [1.54, 1.807) is 0 Å². The number of likely N-dealkylation sites (tertiary alicyclic amines) is 1. The first-order valence-electron chi connectivity index (χ1n) is 4.80. The first kappa shape index (κ1) is 9.05.